The molecule has 0 atom stereocenters. The molecule has 1 aromatic heterocycles. The lowest BCUT2D eigenvalue weighted by Crippen LogP contribution is -1.94. The van der Waals surface area contributed by atoms with Gasteiger partial charge in [0.15, 0.2) is 5.16 Å². The molecular formula is C19H17FN2OS. The van der Waals surface area contributed by atoms with Crippen molar-refractivity contribution < 1.29 is 9.13 Å². The molecule has 0 amide bonds. The maximum Gasteiger partial charge on any atom is 0.188 e. The molecular weight excluding hydrogens is 323 g/mol. The molecule has 0 fully saturated rings. The molecule has 122 valence electrons. The Balaban J connectivity index is 1.78. The molecule has 0 aliphatic heterocycles. The Morgan fingerprint density at radius 3 is 2.38 bits per heavy atom. The first-order valence-corrected chi connectivity index (χ1v) is 8.50. The summed E-state index contributed by atoms with van der Waals surface area (Å²) in [5.41, 5.74) is 3.85. The second-order valence-corrected chi connectivity index (χ2v) is 6.26. The molecule has 0 aliphatic rings. The SMILES string of the molecule is COc1ccc(-c2cc(C)nc(SCc3ccc(F)cc3)n2)cc1. The van der Waals surface area contributed by atoms with E-state index in [1.807, 2.05) is 37.3 Å². The van der Waals surface area contributed by atoms with E-state index in [2.05, 4.69) is 9.97 Å². The second kappa shape index (κ2) is 7.45. The number of methoxy groups -OCH3 is 1. The molecule has 0 N–H and O–H groups in total. The number of halogens is 1. The fourth-order valence-electron chi connectivity index (χ4n) is 2.24. The van der Waals surface area contributed by atoms with Crippen molar-refractivity contribution in [2.24, 2.45) is 0 Å². The van der Waals surface area contributed by atoms with E-state index >= 15 is 0 Å². The van der Waals surface area contributed by atoms with Crippen molar-refractivity contribution in [3.05, 3.63) is 71.7 Å². The van der Waals surface area contributed by atoms with E-state index in [1.54, 1.807) is 31.0 Å². The third-order valence-electron chi connectivity index (χ3n) is 3.50. The van der Waals surface area contributed by atoms with Crippen LogP contribution >= 0.6 is 11.8 Å². The van der Waals surface area contributed by atoms with Crippen LogP contribution in [-0.2, 0) is 5.75 Å². The van der Waals surface area contributed by atoms with Crippen LogP contribution in [0.25, 0.3) is 11.3 Å². The first-order valence-electron chi connectivity index (χ1n) is 7.51. The molecule has 0 unspecified atom stereocenters. The minimum Gasteiger partial charge on any atom is -0.497 e. The van der Waals surface area contributed by atoms with Crippen LogP contribution in [0.4, 0.5) is 4.39 Å². The van der Waals surface area contributed by atoms with Gasteiger partial charge in [0.25, 0.3) is 0 Å². The highest BCUT2D eigenvalue weighted by Crippen LogP contribution is 2.25. The largest absolute Gasteiger partial charge is 0.497 e. The predicted molar refractivity (Wildman–Crippen MR) is 94.7 cm³/mol. The van der Waals surface area contributed by atoms with Crippen LogP contribution in [-0.4, -0.2) is 17.1 Å². The number of hydrogen-bond donors (Lipinski definition) is 0. The number of thioether (sulfide) groups is 1. The van der Waals surface area contributed by atoms with Gasteiger partial charge in [-0.3, -0.25) is 0 Å². The van der Waals surface area contributed by atoms with Crippen LogP contribution in [0.5, 0.6) is 5.75 Å². The van der Waals surface area contributed by atoms with Gasteiger partial charge in [0, 0.05) is 17.0 Å². The van der Waals surface area contributed by atoms with Crippen LogP contribution in [0.3, 0.4) is 0 Å². The zero-order valence-electron chi connectivity index (χ0n) is 13.5. The van der Waals surface area contributed by atoms with Gasteiger partial charge in [0.05, 0.1) is 12.8 Å². The van der Waals surface area contributed by atoms with E-state index in [1.165, 1.54) is 12.1 Å². The molecule has 3 nitrogen and oxygen atoms in total. The predicted octanol–water partition coefficient (Wildman–Crippen LogP) is 4.89. The number of nitrogens with zero attached hydrogens (tertiary/aromatic N) is 2. The molecule has 0 radical (unpaired) electrons. The maximum absolute atomic E-state index is 13.0. The smallest absolute Gasteiger partial charge is 0.188 e. The van der Waals surface area contributed by atoms with Crippen molar-refractivity contribution in [1.29, 1.82) is 0 Å². The summed E-state index contributed by atoms with van der Waals surface area (Å²) in [5, 5.41) is 0.713. The monoisotopic (exact) mass is 340 g/mol. The van der Waals surface area contributed by atoms with Crippen molar-refractivity contribution in [3.8, 4) is 17.0 Å². The molecule has 0 aliphatic carbocycles. The number of hydrogen-bond acceptors (Lipinski definition) is 4. The summed E-state index contributed by atoms with van der Waals surface area (Å²) in [5.74, 6) is 1.29. The quantitative estimate of drug-likeness (QED) is 0.489. The summed E-state index contributed by atoms with van der Waals surface area (Å²) in [7, 11) is 1.65. The summed E-state index contributed by atoms with van der Waals surface area (Å²) in [6, 6.07) is 16.3. The molecule has 0 saturated heterocycles. The van der Waals surface area contributed by atoms with Crippen LogP contribution in [0, 0.1) is 12.7 Å². The first kappa shape index (κ1) is 16.5. The lowest BCUT2D eigenvalue weighted by molar-refractivity contribution is 0.415. The second-order valence-electron chi connectivity index (χ2n) is 5.32. The Kier molecular flexibility index (Phi) is 5.11. The van der Waals surface area contributed by atoms with Gasteiger partial charge >= 0.3 is 0 Å². The minimum absolute atomic E-state index is 0.225. The van der Waals surface area contributed by atoms with Crippen molar-refractivity contribution in [3.63, 3.8) is 0 Å². The zero-order chi connectivity index (χ0) is 16.9. The van der Waals surface area contributed by atoms with Gasteiger partial charge < -0.3 is 4.74 Å². The van der Waals surface area contributed by atoms with Crippen molar-refractivity contribution >= 4 is 11.8 Å². The molecule has 3 aromatic rings. The van der Waals surface area contributed by atoms with Gasteiger partial charge in [-0.15, -0.1) is 0 Å². The molecule has 0 saturated carbocycles. The highest BCUT2D eigenvalue weighted by molar-refractivity contribution is 7.98. The van der Waals surface area contributed by atoms with Crippen LogP contribution in [0.2, 0.25) is 0 Å². The lowest BCUT2D eigenvalue weighted by atomic mass is 10.1. The van der Waals surface area contributed by atoms with Gasteiger partial charge in [-0.1, -0.05) is 23.9 Å². The molecule has 1 heterocycles. The molecule has 2 aromatic carbocycles. The van der Waals surface area contributed by atoms with Crippen LogP contribution in [0.15, 0.2) is 59.8 Å². The molecule has 0 bridgehead atoms. The van der Waals surface area contributed by atoms with Gasteiger partial charge in [0.1, 0.15) is 11.6 Å². The maximum atomic E-state index is 13.0. The topological polar surface area (TPSA) is 35.0 Å². The number of rotatable bonds is 5. The van der Waals surface area contributed by atoms with E-state index in [9.17, 15) is 4.39 Å². The Bertz CT molecular complexity index is 820. The summed E-state index contributed by atoms with van der Waals surface area (Å²) in [6.07, 6.45) is 0. The van der Waals surface area contributed by atoms with E-state index in [0.29, 0.717) is 10.9 Å². The number of aryl methyl sites for hydroxylation is 1. The average Bonchev–Trinajstić information content (AvgIpc) is 2.61. The fraction of sp³-hybridized carbons (Fsp3) is 0.158. The molecule has 3 rings (SSSR count). The number of aromatic nitrogens is 2. The Labute approximate surface area is 144 Å². The normalized spacial score (nSPS) is 10.6. The number of benzene rings is 2. The summed E-state index contributed by atoms with van der Waals surface area (Å²) < 4.78 is 18.1. The van der Waals surface area contributed by atoms with E-state index in [-0.39, 0.29) is 5.82 Å². The van der Waals surface area contributed by atoms with Gasteiger partial charge in [-0.2, -0.15) is 0 Å². The van der Waals surface area contributed by atoms with Crippen LogP contribution in [0.1, 0.15) is 11.3 Å². The molecule has 24 heavy (non-hydrogen) atoms. The summed E-state index contributed by atoms with van der Waals surface area (Å²) in [6.45, 7) is 1.96. The van der Waals surface area contributed by atoms with Crippen molar-refractivity contribution in [2.75, 3.05) is 7.11 Å². The Hall–Kier alpha value is -2.40. The summed E-state index contributed by atoms with van der Waals surface area (Å²) >= 11 is 1.54. The lowest BCUT2D eigenvalue weighted by Gasteiger charge is -2.07. The number of ether oxygens (including phenoxy) is 1. The van der Waals surface area contributed by atoms with Gasteiger partial charge in [-0.25, -0.2) is 14.4 Å². The van der Waals surface area contributed by atoms with E-state index in [0.717, 1.165) is 28.3 Å². The zero-order valence-corrected chi connectivity index (χ0v) is 14.3. The van der Waals surface area contributed by atoms with Crippen LogP contribution < -0.4 is 4.74 Å². The fourth-order valence-corrected chi connectivity index (χ4v) is 3.10. The first-order chi connectivity index (χ1) is 11.6. The third kappa shape index (κ3) is 4.11. The Morgan fingerprint density at radius 2 is 1.71 bits per heavy atom. The van der Waals surface area contributed by atoms with Gasteiger partial charge in [0.2, 0.25) is 0 Å². The highest BCUT2D eigenvalue weighted by Gasteiger charge is 2.06. The average molecular weight is 340 g/mol. The molecule has 5 heteroatoms. The summed E-state index contributed by atoms with van der Waals surface area (Å²) in [4.78, 5) is 9.11. The van der Waals surface area contributed by atoms with Gasteiger partial charge in [-0.05, 0) is 55.0 Å². The van der Waals surface area contributed by atoms with Crippen molar-refractivity contribution in [1.82, 2.24) is 9.97 Å². The van der Waals surface area contributed by atoms with E-state index in [4.69, 9.17) is 4.74 Å². The Morgan fingerprint density at radius 1 is 1.00 bits per heavy atom. The van der Waals surface area contributed by atoms with Crippen molar-refractivity contribution in [2.45, 2.75) is 17.8 Å². The molecule has 0 spiro atoms. The minimum atomic E-state index is -0.225. The standard InChI is InChI=1S/C19H17FN2OS/c1-13-11-18(15-5-9-17(23-2)10-6-15)22-19(21-13)24-12-14-3-7-16(20)8-4-14/h3-11H,12H2,1-2H3. The third-order valence-corrected chi connectivity index (χ3v) is 4.42. The van der Waals surface area contributed by atoms with E-state index < -0.39 is 0 Å². The highest BCUT2D eigenvalue weighted by atomic mass is 32.2.